The lowest BCUT2D eigenvalue weighted by Gasteiger charge is -2.30. The Morgan fingerprint density at radius 1 is 0.739 bits per heavy atom. The van der Waals surface area contributed by atoms with Crippen molar-refractivity contribution < 1.29 is 8.85 Å². The van der Waals surface area contributed by atoms with Crippen LogP contribution in [0.3, 0.4) is 0 Å². The molecule has 2 atom stereocenters. The monoisotopic (exact) mass is 336 g/mol. The molecule has 0 aliphatic heterocycles. The fraction of sp³-hybridized carbons (Fsp3) is 0.800. The predicted molar refractivity (Wildman–Crippen MR) is 102 cm³/mol. The van der Waals surface area contributed by atoms with Crippen molar-refractivity contribution in [1.29, 1.82) is 0 Å². The van der Waals surface area contributed by atoms with E-state index in [9.17, 15) is 0 Å². The van der Waals surface area contributed by atoms with Gasteiger partial charge in [-0.15, -0.1) is 11.8 Å². The molecule has 0 heterocycles. The molecule has 0 rings (SSSR count). The summed E-state index contributed by atoms with van der Waals surface area (Å²) < 4.78 is 12.6. The van der Waals surface area contributed by atoms with Gasteiger partial charge in [0, 0.05) is 12.8 Å². The smallest absolute Gasteiger partial charge is 0.333 e. The van der Waals surface area contributed by atoms with Crippen LogP contribution in [0.5, 0.6) is 0 Å². The number of hydrogen-bond acceptors (Lipinski definition) is 2. The van der Waals surface area contributed by atoms with Gasteiger partial charge in [-0.05, 0) is 37.8 Å². The molecule has 0 aliphatic rings. The molecule has 0 bridgehead atoms. The van der Waals surface area contributed by atoms with Crippen molar-refractivity contribution in [2.24, 2.45) is 11.8 Å². The quantitative estimate of drug-likeness (QED) is 0.438. The third-order valence-electron chi connectivity index (χ3n) is 3.10. The van der Waals surface area contributed by atoms with Crippen LogP contribution in [-0.4, -0.2) is 20.8 Å². The molecule has 132 valence electrons. The highest BCUT2D eigenvalue weighted by Crippen LogP contribution is 2.19. The van der Waals surface area contributed by atoms with Gasteiger partial charge in [0.15, 0.2) is 0 Å². The van der Waals surface area contributed by atoms with Crippen molar-refractivity contribution in [2.45, 2.75) is 92.5 Å². The summed E-state index contributed by atoms with van der Waals surface area (Å²) in [7, 11) is -2.27. The maximum absolute atomic E-state index is 6.32. The molecule has 0 saturated carbocycles. The lowest BCUT2D eigenvalue weighted by molar-refractivity contribution is 0.111. The molecule has 0 aromatic carbocycles. The van der Waals surface area contributed by atoms with Crippen molar-refractivity contribution in [2.75, 3.05) is 0 Å². The molecule has 0 amide bonds. The fourth-order valence-electron chi connectivity index (χ4n) is 2.27. The first kappa shape index (κ1) is 22.3. The van der Waals surface area contributed by atoms with Crippen molar-refractivity contribution in [3.8, 4) is 23.7 Å². The van der Waals surface area contributed by atoms with E-state index in [1.807, 2.05) is 0 Å². The SMILES string of the molecule is CCC#CC(CC(C)C)O[Si](C)(C)OC(C#CCC)CC(C)C. The van der Waals surface area contributed by atoms with Crippen LogP contribution in [0.25, 0.3) is 0 Å². The third-order valence-corrected chi connectivity index (χ3v) is 4.81. The largest absolute Gasteiger partial charge is 0.380 e. The summed E-state index contributed by atoms with van der Waals surface area (Å²) >= 11 is 0. The van der Waals surface area contributed by atoms with Crippen LogP contribution in [0.15, 0.2) is 0 Å². The van der Waals surface area contributed by atoms with Crippen molar-refractivity contribution in [1.82, 2.24) is 0 Å². The van der Waals surface area contributed by atoms with Gasteiger partial charge in [0.1, 0.15) is 12.2 Å². The van der Waals surface area contributed by atoms with Crippen molar-refractivity contribution in [3.05, 3.63) is 0 Å². The first-order valence-corrected chi connectivity index (χ1v) is 11.8. The Kier molecular flexibility index (Phi) is 11.4. The van der Waals surface area contributed by atoms with E-state index < -0.39 is 8.56 Å². The number of rotatable bonds is 8. The van der Waals surface area contributed by atoms with Gasteiger partial charge >= 0.3 is 8.56 Å². The van der Waals surface area contributed by atoms with Gasteiger partial charge < -0.3 is 8.85 Å². The fourth-order valence-corrected chi connectivity index (χ4v) is 4.01. The van der Waals surface area contributed by atoms with E-state index >= 15 is 0 Å². The van der Waals surface area contributed by atoms with Crippen molar-refractivity contribution >= 4 is 8.56 Å². The Morgan fingerprint density at radius 3 is 1.35 bits per heavy atom. The highest BCUT2D eigenvalue weighted by atomic mass is 28.4. The Morgan fingerprint density at radius 2 is 1.09 bits per heavy atom. The maximum atomic E-state index is 6.32. The van der Waals surface area contributed by atoms with E-state index in [1.165, 1.54) is 0 Å². The van der Waals surface area contributed by atoms with Gasteiger partial charge in [0.2, 0.25) is 0 Å². The Labute approximate surface area is 146 Å². The lowest BCUT2D eigenvalue weighted by Crippen LogP contribution is -2.42. The minimum atomic E-state index is -2.27. The average molecular weight is 337 g/mol. The zero-order chi connectivity index (χ0) is 17.9. The molecule has 3 heteroatoms. The molecule has 0 N–H and O–H groups in total. The minimum absolute atomic E-state index is 0.0320. The molecule has 23 heavy (non-hydrogen) atoms. The molecular formula is C20H36O2Si. The van der Waals surface area contributed by atoms with E-state index in [1.54, 1.807) is 0 Å². The standard InChI is InChI=1S/C20H36O2Si/c1-9-11-13-19(15-17(3)4)21-23(7,8)22-20(14-12-10-2)16-18(5)6/h17-20H,9-10,15-16H2,1-8H3. The maximum Gasteiger partial charge on any atom is 0.333 e. The molecule has 0 saturated heterocycles. The third kappa shape index (κ3) is 12.4. The molecule has 0 aromatic rings. The summed E-state index contributed by atoms with van der Waals surface area (Å²) in [6, 6.07) is 0. The van der Waals surface area contributed by atoms with E-state index in [-0.39, 0.29) is 12.2 Å². The second-order valence-corrected chi connectivity index (χ2v) is 10.5. The van der Waals surface area contributed by atoms with Gasteiger partial charge in [-0.3, -0.25) is 0 Å². The summed E-state index contributed by atoms with van der Waals surface area (Å²) in [5.41, 5.74) is 0. The second kappa shape index (κ2) is 11.7. The Hall–Kier alpha value is -0.743. The molecule has 0 spiro atoms. The summed E-state index contributed by atoms with van der Waals surface area (Å²) in [5, 5.41) is 0. The second-order valence-electron chi connectivity index (χ2n) is 7.22. The normalized spacial score (nSPS) is 14.0. The molecule has 0 radical (unpaired) electrons. The van der Waals surface area contributed by atoms with Gasteiger partial charge in [-0.2, -0.15) is 0 Å². The average Bonchev–Trinajstić information content (AvgIpc) is 2.40. The van der Waals surface area contributed by atoms with Crippen LogP contribution in [0.1, 0.15) is 67.2 Å². The van der Waals surface area contributed by atoms with Crippen LogP contribution in [-0.2, 0) is 8.85 Å². The molecule has 0 aromatic heterocycles. The van der Waals surface area contributed by atoms with Crippen LogP contribution in [0.2, 0.25) is 13.1 Å². The highest BCUT2D eigenvalue weighted by Gasteiger charge is 2.31. The first-order valence-electron chi connectivity index (χ1n) is 9.02. The molecular weight excluding hydrogens is 300 g/mol. The van der Waals surface area contributed by atoms with E-state index in [0.717, 1.165) is 25.7 Å². The molecule has 2 unspecified atom stereocenters. The zero-order valence-corrected chi connectivity index (χ0v) is 17.5. The number of hydrogen-bond donors (Lipinski definition) is 0. The summed E-state index contributed by atoms with van der Waals surface area (Å²) in [6.45, 7) is 17.2. The topological polar surface area (TPSA) is 18.5 Å². The van der Waals surface area contributed by atoms with Crippen LogP contribution in [0, 0.1) is 35.5 Å². The van der Waals surface area contributed by atoms with E-state index in [4.69, 9.17) is 8.85 Å². The first-order chi connectivity index (χ1) is 10.7. The molecule has 2 nitrogen and oxygen atoms in total. The van der Waals surface area contributed by atoms with Gasteiger partial charge in [0.25, 0.3) is 0 Å². The van der Waals surface area contributed by atoms with Crippen LogP contribution in [0.4, 0.5) is 0 Å². The minimum Gasteiger partial charge on any atom is -0.380 e. The van der Waals surface area contributed by atoms with Gasteiger partial charge in [0.05, 0.1) is 0 Å². The molecule has 0 aliphatic carbocycles. The van der Waals surface area contributed by atoms with Crippen LogP contribution < -0.4 is 0 Å². The summed E-state index contributed by atoms with van der Waals surface area (Å²) in [6.07, 6.45) is 3.55. The van der Waals surface area contributed by atoms with Gasteiger partial charge in [-0.1, -0.05) is 53.4 Å². The predicted octanol–water partition coefficient (Wildman–Crippen LogP) is 5.38. The van der Waals surface area contributed by atoms with Gasteiger partial charge in [-0.25, -0.2) is 0 Å². The molecule has 0 fully saturated rings. The lowest BCUT2D eigenvalue weighted by atomic mass is 10.1. The summed E-state index contributed by atoms with van der Waals surface area (Å²) in [5.74, 6) is 14.0. The zero-order valence-electron chi connectivity index (χ0n) is 16.5. The highest BCUT2D eigenvalue weighted by molar-refractivity contribution is 6.64. The Balaban J connectivity index is 4.94. The van der Waals surface area contributed by atoms with Crippen molar-refractivity contribution in [3.63, 3.8) is 0 Å². The van der Waals surface area contributed by atoms with Crippen LogP contribution >= 0.6 is 0 Å². The Bertz CT molecular complexity index is 392. The summed E-state index contributed by atoms with van der Waals surface area (Å²) in [4.78, 5) is 0. The van der Waals surface area contributed by atoms with E-state index in [2.05, 4.69) is 78.3 Å². The van der Waals surface area contributed by atoms with E-state index in [0.29, 0.717) is 11.8 Å².